The topological polar surface area (TPSA) is 58.2 Å². The predicted octanol–water partition coefficient (Wildman–Crippen LogP) is 2.29. The van der Waals surface area contributed by atoms with Crippen molar-refractivity contribution in [1.29, 1.82) is 0 Å². The number of sulfonamides is 1. The summed E-state index contributed by atoms with van der Waals surface area (Å²) in [6, 6.07) is 3.93. The average molecular weight is 388 g/mol. The Hall–Kier alpha value is -0.210. The zero-order chi connectivity index (χ0) is 13.9. The number of nitrogens with one attached hydrogen (secondary N) is 2. The maximum Gasteiger partial charge on any atom is 0.243 e. The normalized spacial score (nSPS) is 19.4. The van der Waals surface area contributed by atoms with Gasteiger partial charge in [0, 0.05) is 11.0 Å². The zero-order valence-corrected chi connectivity index (χ0v) is 14.0. The van der Waals surface area contributed by atoms with E-state index in [0.29, 0.717) is 11.0 Å². The van der Waals surface area contributed by atoms with Crippen LogP contribution >= 0.6 is 28.3 Å². The highest BCUT2D eigenvalue weighted by molar-refractivity contribution is 9.10. The van der Waals surface area contributed by atoms with Crippen LogP contribution in [0.1, 0.15) is 12.8 Å². The van der Waals surface area contributed by atoms with E-state index in [1.165, 1.54) is 12.1 Å². The van der Waals surface area contributed by atoms with Crippen molar-refractivity contribution in [3.63, 3.8) is 0 Å². The summed E-state index contributed by atoms with van der Waals surface area (Å²) in [6.45, 7) is 2.11. The molecule has 4 nitrogen and oxygen atoms in total. The Morgan fingerprint density at radius 2 is 2.20 bits per heavy atom. The molecule has 1 saturated heterocycles. The lowest BCUT2D eigenvalue weighted by Crippen LogP contribution is -2.38. The highest BCUT2D eigenvalue weighted by Crippen LogP contribution is 2.19. The lowest BCUT2D eigenvalue weighted by molar-refractivity contribution is 0.375. The first kappa shape index (κ1) is 17.8. The van der Waals surface area contributed by atoms with Crippen LogP contribution in [0.5, 0.6) is 0 Å². The smallest absolute Gasteiger partial charge is 0.243 e. The van der Waals surface area contributed by atoms with E-state index in [2.05, 4.69) is 26.0 Å². The van der Waals surface area contributed by atoms with Crippen LogP contribution in [0.2, 0.25) is 0 Å². The average Bonchev–Trinajstić information content (AvgIpc) is 2.37. The van der Waals surface area contributed by atoms with Crippen molar-refractivity contribution >= 4 is 38.4 Å². The van der Waals surface area contributed by atoms with Crippen LogP contribution in [-0.4, -0.2) is 28.1 Å². The molecule has 0 saturated carbocycles. The number of hydrogen-bond acceptors (Lipinski definition) is 3. The van der Waals surface area contributed by atoms with Crippen LogP contribution in [0.15, 0.2) is 27.6 Å². The van der Waals surface area contributed by atoms with Gasteiger partial charge in [0.2, 0.25) is 10.0 Å². The largest absolute Gasteiger partial charge is 0.316 e. The first-order chi connectivity index (χ1) is 8.99. The van der Waals surface area contributed by atoms with Crippen LogP contribution in [0, 0.1) is 11.7 Å². The van der Waals surface area contributed by atoms with Gasteiger partial charge in [-0.1, -0.05) is 15.9 Å². The molecule has 1 fully saturated rings. The Labute approximate surface area is 133 Å². The van der Waals surface area contributed by atoms with Gasteiger partial charge in [-0.2, -0.15) is 0 Å². The first-order valence-corrected chi connectivity index (χ1v) is 8.42. The van der Waals surface area contributed by atoms with Gasteiger partial charge in [-0.15, -0.1) is 12.4 Å². The minimum atomic E-state index is -3.78. The van der Waals surface area contributed by atoms with Crippen molar-refractivity contribution in [1.82, 2.24) is 10.0 Å². The van der Waals surface area contributed by atoms with E-state index >= 15 is 0 Å². The SMILES string of the molecule is Cl.O=S(=O)(NCC1CCCNC1)c1ccc(Br)cc1F. The van der Waals surface area contributed by atoms with E-state index in [-0.39, 0.29) is 23.2 Å². The maximum atomic E-state index is 13.7. The molecule has 1 atom stereocenters. The van der Waals surface area contributed by atoms with Gasteiger partial charge >= 0.3 is 0 Å². The van der Waals surface area contributed by atoms with Crippen LogP contribution in [-0.2, 0) is 10.0 Å². The highest BCUT2D eigenvalue weighted by atomic mass is 79.9. The van der Waals surface area contributed by atoms with Gasteiger partial charge in [-0.3, -0.25) is 0 Å². The molecule has 0 amide bonds. The molecule has 1 aliphatic rings. The third kappa shape index (κ3) is 4.66. The lowest BCUT2D eigenvalue weighted by atomic mass is 10.0. The van der Waals surface area contributed by atoms with E-state index in [1.54, 1.807) is 0 Å². The molecule has 1 unspecified atom stereocenters. The Balaban J connectivity index is 0.00000200. The molecule has 1 heterocycles. The molecule has 0 bridgehead atoms. The summed E-state index contributed by atoms with van der Waals surface area (Å²) in [5.41, 5.74) is 0. The standard InChI is InChI=1S/C12H16BrFN2O2S.ClH/c13-10-3-4-12(11(14)6-10)19(17,18)16-8-9-2-1-5-15-7-9;/h3-4,6,9,15-16H,1-2,5,7-8H2;1H. The molecule has 0 aromatic heterocycles. The number of piperidine rings is 1. The molecule has 20 heavy (non-hydrogen) atoms. The monoisotopic (exact) mass is 386 g/mol. The van der Waals surface area contributed by atoms with E-state index in [1.807, 2.05) is 0 Å². The minimum Gasteiger partial charge on any atom is -0.316 e. The summed E-state index contributed by atoms with van der Waals surface area (Å²) in [6.07, 6.45) is 2.03. The van der Waals surface area contributed by atoms with Gasteiger partial charge in [0.05, 0.1) is 0 Å². The van der Waals surface area contributed by atoms with Gasteiger partial charge in [-0.05, 0) is 50.0 Å². The van der Waals surface area contributed by atoms with Crippen molar-refractivity contribution in [2.45, 2.75) is 17.7 Å². The quantitative estimate of drug-likeness (QED) is 0.833. The molecule has 8 heteroatoms. The molecule has 1 aliphatic heterocycles. The minimum absolute atomic E-state index is 0. The fourth-order valence-corrected chi connectivity index (χ4v) is 3.60. The van der Waals surface area contributed by atoms with Crippen molar-refractivity contribution < 1.29 is 12.8 Å². The molecule has 2 N–H and O–H groups in total. The van der Waals surface area contributed by atoms with Crippen LogP contribution in [0.3, 0.4) is 0 Å². The molecule has 0 spiro atoms. The molecular weight excluding hydrogens is 371 g/mol. The second kappa shape index (κ2) is 7.70. The molecule has 2 rings (SSSR count). The van der Waals surface area contributed by atoms with E-state index in [0.717, 1.165) is 32.0 Å². The number of benzene rings is 1. The molecule has 1 aromatic carbocycles. The molecule has 114 valence electrons. The molecule has 0 aliphatic carbocycles. The third-order valence-electron chi connectivity index (χ3n) is 3.14. The lowest BCUT2D eigenvalue weighted by Gasteiger charge is -2.22. The van der Waals surface area contributed by atoms with Gasteiger partial charge in [0.15, 0.2) is 0 Å². The van der Waals surface area contributed by atoms with Crippen LogP contribution < -0.4 is 10.0 Å². The Kier molecular flexibility index (Phi) is 6.87. The van der Waals surface area contributed by atoms with Gasteiger partial charge < -0.3 is 5.32 Å². The maximum absolute atomic E-state index is 13.7. The second-order valence-corrected chi connectivity index (χ2v) is 7.29. The Bertz CT molecular complexity index is 550. The summed E-state index contributed by atoms with van der Waals surface area (Å²) in [5, 5.41) is 3.21. The zero-order valence-electron chi connectivity index (χ0n) is 10.7. The summed E-state index contributed by atoms with van der Waals surface area (Å²) in [7, 11) is -3.78. The third-order valence-corrected chi connectivity index (χ3v) is 5.09. The van der Waals surface area contributed by atoms with Crippen molar-refractivity contribution in [2.75, 3.05) is 19.6 Å². The van der Waals surface area contributed by atoms with E-state index in [4.69, 9.17) is 0 Å². The van der Waals surface area contributed by atoms with Crippen LogP contribution in [0.25, 0.3) is 0 Å². The van der Waals surface area contributed by atoms with Crippen molar-refractivity contribution in [2.24, 2.45) is 5.92 Å². The highest BCUT2D eigenvalue weighted by Gasteiger charge is 2.21. The summed E-state index contributed by atoms with van der Waals surface area (Å²) < 4.78 is 40.7. The number of rotatable bonds is 4. The van der Waals surface area contributed by atoms with Crippen LogP contribution in [0.4, 0.5) is 4.39 Å². The van der Waals surface area contributed by atoms with Gasteiger partial charge in [0.1, 0.15) is 10.7 Å². The molecule has 1 aromatic rings. The summed E-state index contributed by atoms with van der Waals surface area (Å²) >= 11 is 3.10. The summed E-state index contributed by atoms with van der Waals surface area (Å²) in [5.74, 6) is -0.481. The first-order valence-electron chi connectivity index (χ1n) is 6.14. The fourth-order valence-electron chi connectivity index (χ4n) is 2.10. The van der Waals surface area contributed by atoms with E-state index < -0.39 is 15.8 Å². The Morgan fingerprint density at radius 1 is 1.45 bits per heavy atom. The molecule has 0 radical (unpaired) electrons. The summed E-state index contributed by atoms with van der Waals surface area (Å²) in [4.78, 5) is -0.306. The predicted molar refractivity (Wildman–Crippen MR) is 82.1 cm³/mol. The second-order valence-electron chi connectivity index (χ2n) is 4.64. The fraction of sp³-hybridized carbons (Fsp3) is 0.500. The number of hydrogen-bond donors (Lipinski definition) is 2. The van der Waals surface area contributed by atoms with Gasteiger partial charge in [-0.25, -0.2) is 17.5 Å². The van der Waals surface area contributed by atoms with Crippen molar-refractivity contribution in [3.8, 4) is 0 Å². The van der Waals surface area contributed by atoms with Crippen molar-refractivity contribution in [3.05, 3.63) is 28.5 Å². The number of halogens is 3. The van der Waals surface area contributed by atoms with E-state index in [9.17, 15) is 12.8 Å². The molecular formula is C12H17BrClFN2O2S. The van der Waals surface area contributed by atoms with Gasteiger partial charge in [0.25, 0.3) is 0 Å². The Morgan fingerprint density at radius 3 is 2.80 bits per heavy atom.